The first-order valence-corrected chi connectivity index (χ1v) is 19.1. The molecule has 4 aromatic heterocycles. The van der Waals surface area contributed by atoms with Gasteiger partial charge < -0.3 is 35.3 Å². The number of hydrogen-bond acceptors (Lipinski definition) is 17. The van der Waals surface area contributed by atoms with Gasteiger partial charge in [-0.15, -0.1) is 16.9 Å². The van der Waals surface area contributed by atoms with Gasteiger partial charge in [-0.05, 0) is 17.9 Å². The molecule has 236 valence electrons. The minimum Gasteiger partial charge on any atom is -0.396 e. The lowest BCUT2D eigenvalue weighted by molar-refractivity contribution is -0.0209. The monoisotopic (exact) mass is 706 g/mol. The lowest BCUT2D eigenvalue weighted by Crippen LogP contribution is -2.35. The smallest absolute Gasteiger partial charge is 0.386 e. The fraction of sp³-hybridized carbons (Fsp3) is 0.500. The highest BCUT2D eigenvalue weighted by Crippen LogP contribution is 2.60. The van der Waals surface area contributed by atoms with Gasteiger partial charge in [0.05, 0.1) is 54.4 Å². The number of anilines is 2. The number of thioether (sulfide) groups is 1. The van der Waals surface area contributed by atoms with Crippen LogP contribution in [0.5, 0.6) is 0 Å². The van der Waals surface area contributed by atoms with E-state index < -0.39 is 60.2 Å². The number of H-pyrrole nitrogens is 1. The fourth-order valence-corrected chi connectivity index (χ4v) is 9.82. The molecular formula is C20H24N10O9P2S3. The third-order valence-electron chi connectivity index (χ3n) is 7.22. The Morgan fingerprint density at radius 1 is 1.20 bits per heavy atom. The fourth-order valence-electron chi connectivity index (χ4n) is 5.23. The van der Waals surface area contributed by atoms with E-state index in [9.17, 15) is 19.4 Å². The standard InChI is InChI=1S/C20H24N10O9P2S3/c21-7-1-2-24-29-8(4-23-16(7)29)9-3-10-11(37-9)5-35-41(34,43)39-15-14(31)12(6-36-40(33,42)38-10)44-19(15)30-17-13(27-28-30)18(32)26-20(22)25-17/h1-2,4,9-12,14-15,19,31H,3,5-6,21H2,(H,33,42)(H,34,43)(H3,22,25,26,32)/t9-,10+,11-,12-,14-,15-,19-,40?,41?/m1/s1. The van der Waals surface area contributed by atoms with Crippen LogP contribution in [0, 0.1) is 0 Å². The van der Waals surface area contributed by atoms with Crippen molar-refractivity contribution in [1.29, 1.82) is 0 Å². The molecule has 2 unspecified atom stereocenters. The zero-order chi connectivity index (χ0) is 31.0. The molecule has 0 radical (unpaired) electrons. The topological polar surface area (TPSA) is 262 Å². The molecule has 0 spiro atoms. The summed E-state index contributed by atoms with van der Waals surface area (Å²) in [7, 11) is 0. The van der Waals surface area contributed by atoms with E-state index in [2.05, 4.69) is 42.6 Å². The minimum absolute atomic E-state index is 0.00496. The van der Waals surface area contributed by atoms with Crippen LogP contribution in [0.1, 0.15) is 23.6 Å². The second-order valence-electron chi connectivity index (χ2n) is 10.1. The van der Waals surface area contributed by atoms with Crippen molar-refractivity contribution in [3.63, 3.8) is 0 Å². The zero-order valence-electron chi connectivity index (χ0n) is 22.1. The maximum absolute atomic E-state index is 13.5. The number of aliphatic hydroxyl groups is 1. The average Bonchev–Trinajstić information content (AvgIpc) is 3.72. The second-order valence-corrected chi connectivity index (χ2v) is 17.1. The summed E-state index contributed by atoms with van der Waals surface area (Å²) >= 11 is 10.5. The summed E-state index contributed by atoms with van der Waals surface area (Å²) in [6.45, 7) is -8.81. The number of ether oxygens (including phenoxy) is 1. The normalized spacial score (nSPS) is 36.6. The number of fused-ring (bicyclic) bond motifs is 5. The lowest BCUT2D eigenvalue weighted by Gasteiger charge is -2.26. The van der Waals surface area contributed by atoms with Gasteiger partial charge in [-0.3, -0.25) is 18.8 Å². The first-order chi connectivity index (χ1) is 20.9. The van der Waals surface area contributed by atoms with E-state index in [4.69, 9.17) is 46.1 Å². The van der Waals surface area contributed by atoms with E-state index in [1.807, 2.05) is 0 Å². The van der Waals surface area contributed by atoms with Crippen molar-refractivity contribution >= 4 is 77.8 Å². The number of nitrogens with zero attached hydrogens (tertiary/aromatic N) is 7. The minimum atomic E-state index is -4.22. The van der Waals surface area contributed by atoms with Crippen LogP contribution in [0.4, 0.5) is 11.6 Å². The van der Waals surface area contributed by atoms with Gasteiger partial charge >= 0.3 is 13.5 Å². The lowest BCUT2D eigenvalue weighted by atomic mass is 10.1. The number of nitrogen functional groups attached to an aromatic ring is 2. The van der Waals surface area contributed by atoms with Crippen LogP contribution in [-0.2, 0) is 39.2 Å². The van der Waals surface area contributed by atoms with E-state index in [1.165, 1.54) is 15.4 Å². The summed E-state index contributed by atoms with van der Waals surface area (Å²) in [5, 5.41) is 21.6. The van der Waals surface area contributed by atoms with Crippen molar-refractivity contribution in [2.45, 2.75) is 47.6 Å². The number of thiol groups is 1. The molecular weight excluding hydrogens is 682 g/mol. The maximum Gasteiger partial charge on any atom is 0.386 e. The predicted molar refractivity (Wildman–Crippen MR) is 161 cm³/mol. The first-order valence-electron chi connectivity index (χ1n) is 12.9. The SMILES string of the molecule is Nc1nc2c(nnn2[C@@H]2S[C@@H]3COP(O)(=S)O[C@H]4C[C@H](c5cnc6c(N)ccnn56)O[C@@H]4COP(=O)(S)O[C@@H]2[C@@H]3O)c(=O)[nH]1. The Balaban J connectivity index is 1.19. The van der Waals surface area contributed by atoms with Crippen molar-refractivity contribution < 1.29 is 37.4 Å². The summed E-state index contributed by atoms with van der Waals surface area (Å²) in [5.74, 6) is -0.192. The van der Waals surface area contributed by atoms with Crippen LogP contribution in [-0.4, -0.2) is 92.4 Å². The van der Waals surface area contributed by atoms with Crippen molar-refractivity contribution in [2.75, 3.05) is 24.7 Å². The summed E-state index contributed by atoms with van der Waals surface area (Å²) in [6, 6.07) is 1.61. The van der Waals surface area contributed by atoms with Crippen LogP contribution >= 0.6 is 37.5 Å². The van der Waals surface area contributed by atoms with E-state index >= 15 is 0 Å². The van der Waals surface area contributed by atoms with Crippen LogP contribution in [0.15, 0.2) is 23.3 Å². The third-order valence-corrected chi connectivity index (χ3v) is 11.9. The van der Waals surface area contributed by atoms with Gasteiger partial charge in [0.25, 0.3) is 5.56 Å². The van der Waals surface area contributed by atoms with Crippen molar-refractivity contribution in [3.05, 3.63) is 34.5 Å². The molecule has 0 saturated carbocycles. The van der Waals surface area contributed by atoms with Gasteiger partial charge in [-0.1, -0.05) is 17.5 Å². The number of hydrogen-bond donors (Lipinski definition) is 6. The zero-order valence-corrected chi connectivity index (χ0v) is 26.4. The largest absolute Gasteiger partial charge is 0.396 e. The van der Waals surface area contributed by atoms with Gasteiger partial charge in [0.2, 0.25) is 5.95 Å². The van der Waals surface area contributed by atoms with Gasteiger partial charge in [0, 0.05) is 6.42 Å². The quantitative estimate of drug-likeness (QED) is 0.121. The van der Waals surface area contributed by atoms with Gasteiger partial charge in [-0.2, -0.15) is 10.1 Å². The first kappa shape index (κ1) is 30.5. The van der Waals surface area contributed by atoms with Crippen molar-refractivity contribution in [1.82, 2.24) is 39.6 Å². The number of aliphatic hydroxyl groups excluding tert-OH is 1. The molecule has 24 heteroatoms. The van der Waals surface area contributed by atoms with Crippen LogP contribution in [0.3, 0.4) is 0 Å². The Bertz CT molecular complexity index is 1910. The highest BCUT2D eigenvalue weighted by molar-refractivity contribution is 8.44. The van der Waals surface area contributed by atoms with Crippen LogP contribution in [0.25, 0.3) is 16.8 Å². The van der Waals surface area contributed by atoms with Gasteiger partial charge in [0.15, 0.2) is 16.8 Å². The Kier molecular flexibility index (Phi) is 7.79. The number of imidazole rings is 1. The molecule has 0 aliphatic carbocycles. The predicted octanol–water partition coefficient (Wildman–Crippen LogP) is 0.299. The number of nitrogens with one attached hydrogen (secondary N) is 1. The van der Waals surface area contributed by atoms with Crippen molar-refractivity contribution in [2.24, 2.45) is 0 Å². The average molecular weight is 707 g/mol. The molecule has 7 rings (SSSR count). The van der Waals surface area contributed by atoms with Gasteiger partial charge in [-0.25, -0.2) is 18.7 Å². The molecule has 7 N–H and O–H groups in total. The second kappa shape index (κ2) is 11.2. The summed E-state index contributed by atoms with van der Waals surface area (Å²) in [5.41, 5.74) is 12.4. The molecule has 19 nitrogen and oxygen atoms in total. The molecule has 7 heterocycles. The van der Waals surface area contributed by atoms with E-state index in [0.29, 0.717) is 17.0 Å². The third kappa shape index (κ3) is 5.56. The number of nitrogens with two attached hydrogens (primary N) is 2. The molecule has 0 aromatic carbocycles. The molecule has 9 atom stereocenters. The summed E-state index contributed by atoms with van der Waals surface area (Å²) < 4.78 is 45.4. The number of aromatic nitrogens is 8. The number of rotatable bonds is 2. The molecule has 2 bridgehead atoms. The van der Waals surface area contributed by atoms with Gasteiger partial charge in [0.1, 0.15) is 23.7 Å². The van der Waals surface area contributed by atoms with E-state index in [0.717, 1.165) is 11.8 Å². The number of aromatic amines is 1. The molecule has 4 aromatic rings. The van der Waals surface area contributed by atoms with Crippen LogP contribution in [0.2, 0.25) is 0 Å². The van der Waals surface area contributed by atoms with E-state index in [-0.39, 0.29) is 36.7 Å². The Morgan fingerprint density at radius 2 is 2.02 bits per heavy atom. The highest BCUT2D eigenvalue weighted by Gasteiger charge is 2.51. The summed E-state index contributed by atoms with van der Waals surface area (Å²) in [4.78, 5) is 34.1. The molecule has 3 aliphatic rings. The molecule has 3 fully saturated rings. The molecule has 44 heavy (non-hydrogen) atoms. The van der Waals surface area contributed by atoms with Crippen LogP contribution < -0.4 is 17.0 Å². The Labute approximate surface area is 260 Å². The maximum atomic E-state index is 13.5. The molecule has 3 saturated heterocycles. The Morgan fingerprint density at radius 3 is 2.84 bits per heavy atom. The molecule has 0 amide bonds. The van der Waals surface area contributed by atoms with E-state index in [1.54, 1.807) is 12.3 Å². The molecule has 3 aliphatic heterocycles. The van der Waals surface area contributed by atoms with Crippen molar-refractivity contribution in [3.8, 4) is 0 Å². The Hall–Kier alpha value is -2.20. The highest BCUT2D eigenvalue weighted by atomic mass is 32.7. The summed E-state index contributed by atoms with van der Waals surface area (Å²) in [6.07, 6.45) is -1.83.